The standard InChI is InChI=1S/C26H30FN5/c1-17-5-4-6-22-21(15-17)24(29-16-28-22)32-13-11-26(3,12-14-32)25-30-18(2)23(31-25)19-7-9-20(27)10-8-19/h7-10,15-16H,4-6,11-14H2,1-3H3,(H,30,31). The quantitative estimate of drug-likeness (QED) is 0.585. The first kappa shape index (κ1) is 20.9. The molecule has 3 heterocycles. The number of nitrogens with zero attached hydrogens (tertiary/aromatic N) is 4. The van der Waals surface area contributed by atoms with Crippen LogP contribution in [-0.2, 0) is 11.8 Å². The van der Waals surface area contributed by atoms with Crippen molar-refractivity contribution in [2.24, 2.45) is 0 Å². The zero-order valence-corrected chi connectivity index (χ0v) is 19.1. The number of nitrogens with one attached hydrogen (secondary N) is 1. The number of benzene rings is 1. The van der Waals surface area contributed by atoms with Crippen LogP contribution < -0.4 is 4.90 Å². The van der Waals surface area contributed by atoms with Crippen LogP contribution in [0.2, 0.25) is 0 Å². The maximum atomic E-state index is 13.3. The minimum absolute atomic E-state index is 0.0325. The molecule has 2 aromatic heterocycles. The van der Waals surface area contributed by atoms with Gasteiger partial charge < -0.3 is 9.88 Å². The largest absolute Gasteiger partial charge is 0.356 e. The predicted molar refractivity (Wildman–Crippen MR) is 126 cm³/mol. The highest BCUT2D eigenvalue weighted by atomic mass is 19.1. The summed E-state index contributed by atoms with van der Waals surface area (Å²) in [4.78, 5) is 20.2. The van der Waals surface area contributed by atoms with Crippen LogP contribution in [0.25, 0.3) is 17.3 Å². The average Bonchev–Trinajstić information content (AvgIpc) is 3.07. The molecular weight excluding hydrogens is 401 g/mol. The number of aromatic amines is 1. The van der Waals surface area contributed by atoms with Gasteiger partial charge in [0, 0.05) is 35.3 Å². The van der Waals surface area contributed by atoms with E-state index in [0.29, 0.717) is 0 Å². The van der Waals surface area contributed by atoms with Gasteiger partial charge >= 0.3 is 0 Å². The van der Waals surface area contributed by atoms with Crippen LogP contribution in [0.15, 0.2) is 36.2 Å². The summed E-state index contributed by atoms with van der Waals surface area (Å²) in [5, 5.41) is 0. The van der Waals surface area contributed by atoms with Gasteiger partial charge in [0.25, 0.3) is 0 Å². The summed E-state index contributed by atoms with van der Waals surface area (Å²) in [5.41, 5.74) is 6.63. The molecule has 2 aliphatic rings. The van der Waals surface area contributed by atoms with E-state index in [1.807, 2.05) is 6.92 Å². The minimum atomic E-state index is -0.228. The first-order valence-corrected chi connectivity index (χ1v) is 11.5. The second kappa shape index (κ2) is 8.15. The van der Waals surface area contributed by atoms with Crippen molar-refractivity contribution >= 4 is 11.9 Å². The maximum absolute atomic E-state index is 13.3. The summed E-state index contributed by atoms with van der Waals surface area (Å²) in [6.45, 7) is 8.40. The summed E-state index contributed by atoms with van der Waals surface area (Å²) in [6, 6.07) is 6.57. The summed E-state index contributed by atoms with van der Waals surface area (Å²) < 4.78 is 13.3. The Bertz CT molecular complexity index is 1150. The molecule has 1 fully saturated rings. The van der Waals surface area contributed by atoms with Crippen LogP contribution in [0.5, 0.6) is 0 Å². The van der Waals surface area contributed by atoms with E-state index in [1.165, 1.54) is 29.0 Å². The predicted octanol–water partition coefficient (Wildman–Crippen LogP) is 5.61. The summed E-state index contributed by atoms with van der Waals surface area (Å²) >= 11 is 0. The lowest BCUT2D eigenvalue weighted by Crippen LogP contribution is -2.42. The van der Waals surface area contributed by atoms with E-state index in [0.717, 1.165) is 73.8 Å². The molecular formula is C26H30FN5. The van der Waals surface area contributed by atoms with Gasteiger partial charge in [-0.15, -0.1) is 0 Å². The fraction of sp³-hybridized carbons (Fsp3) is 0.423. The molecule has 0 unspecified atom stereocenters. The summed E-state index contributed by atoms with van der Waals surface area (Å²) in [5.74, 6) is 1.86. The molecule has 0 spiro atoms. The first-order valence-electron chi connectivity index (χ1n) is 11.5. The molecule has 0 radical (unpaired) electrons. The van der Waals surface area contributed by atoms with Crippen LogP contribution in [0, 0.1) is 12.7 Å². The van der Waals surface area contributed by atoms with Crippen molar-refractivity contribution in [2.45, 2.75) is 58.3 Å². The molecule has 0 saturated carbocycles. The minimum Gasteiger partial charge on any atom is -0.356 e. The Morgan fingerprint density at radius 2 is 1.78 bits per heavy atom. The molecule has 1 aliphatic heterocycles. The number of aromatic nitrogens is 4. The third-order valence-corrected chi connectivity index (χ3v) is 7.06. The molecule has 0 atom stereocenters. The van der Waals surface area contributed by atoms with E-state index in [4.69, 9.17) is 9.97 Å². The zero-order valence-electron chi connectivity index (χ0n) is 19.1. The summed E-state index contributed by atoms with van der Waals surface area (Å²) in [7, 11) is 0. The van der Waals surface area contributed by atoms with Crippen molar-refractivity contribution < 1.29 is 4.39 Å². The molecule has 3 aromatic rings. The maximum Gasteiger partial charge on any atom is 0.139 e. The number of fused-ring (bicyclic) bond motifs is 1. The third kappa shape index (κ3) is 3.83. The molecule has 5 rings (SSSR count). The lowest BCUT2D eigenvalue weighted by Gasteiger charge is -2.39. The molecule has 5 nitrogen and oxygen atoms in total. The van der Waals surface area contributed by atoms with E-state index >= 15 is 0 Å². The smallest absolute Gasteiger partial charge is 0.139 e. The van der Waals surface area contributed by atoms with Crippen molar-refractivity contribution in [1.29, 1.82) is 0 Å². The number of piperidine rings is 1. The van der Waals surface area contributed by atoms with Crippen molar-refractivity contribution in [3.63, 3.8) is 0 Å². The highest BCUT2D eigenvalue weighted by Crippen LogP contribution is 2.38. The molecule has 1 saturated heterocycles. The van der Waals surface area contributed by atoms with Crippen molar-refractivity contribution in [1.82, 2.24) is 19.9 Å². The topological polar surface area (TPSA) is 57.7 Å². The number of aryl methyl sites for hydroxylation is 2. The molecule has 1 aromatic carbocycles. The van der Waals surface area contributed by atoms with Gasteiger partial charge in [0.15, 0.2) is 0 Å². The van der Waals surface area contributed by atoms with E-state index in [2.05, 4.69) is 34.8 Å². The van der Waals surface area contributed by atoms with Crippen LogP contribution in [0.3, 0.4) is 0 Å². The van der Waals surface area contributed by atoms with Gasteiger partial charge in [0.1, 0.15) is 23.8 Å². The third-order valence-electron chi connectivity index (χ3n) is 7.06. The van der Waals surface area contributed by atoms with Crippen LogP contribution in [0.4, 0.5) is 10.2 Å². The van der Waals surface area contributed by atoms with Gasteiger partial charge in [0.05, 0.1) is 11.4 Å². The number of hydrogen-bond donors (Lipinski definition) is 1. The van der Waals surface area contributed by atoms with Gasteiger partial charge in [-0.1, -0.05) is 18.6 Å². The molecule has 1 N–H and O–H groups in total. The molecule has 32 heavy (non-hydrogen) atoms. The SMILES string of the molecule is CC1=Cc2c(ncnc2N2CCC(C)(c3nc(-c4ccc(F)cc4)c(C)[nH]3)CC2)CCC1. The Morgan fingerprint density at radius 3 is 2.53 bits per heavy atom. The van der Waals surface area contributed by atoms with Crippen LogP contribution in [-0.4, -0.2) is 33.0 Å². The monoisotopic (exact) mass is 431 g/mol. The number of H-pyrrole nitrogens is 1. The highest BCUT2D eigenvalue weighted by molar-refractivity contribution is 5.68. The van der Waals surface area contributed by atoms with E-state index < -0.39 is 0 Å². The Morgan fingerprint density at radius 1 is 1.03 bits per heavy atom. The van der Waals surface area contributed by atoms with Crippen molar-refractivity contribution in [2.75, 3.05) is 18.0 Å². The van der Waals surface area contributed by atoms with Gasteiger partial charge in [-0.2, -0.15) is 0 Å². The first-order chi connectivity index (χ1) is 15.4. The summed E-state index contributed by atoms with van der Waals surface area (Å²) in [6.07, 6.45) is 9.29. The van der Waals surface area contributed by atoms with Gasteiger partial charge in [0.2, 0.25) is 0 Å². The van der Waals surface area contributed by atoms with Crippen LogP contribution in [0.1, 0.15) is 62.3 Å². The molecule has 6 heteroatoms. The highest BCUT2D eigenvalue weighted by Gasteiger charge is 2.36. The Hall–Kier alpha value is -3.02. The van der Waals surface area contributed by atoms with E-state index in [-0.39, 0.29) is 11.2 Å². The van der Waals surface area contributed by atoms with Crippen molar-refractivity contribution in [3.8, 4) is 11.3 Å². The normalized spacial score (nSPS) is 18.1. The van der Waals surface area contributed by atoms with E-state index in [1.54, 1.807) is 18.5 Å². The lowest BCUT2D eigenvalue weighted by atomic mass is 9.79. The Balaban J connectivity index is 1.38. The van der Waals surface area contributed by atoms with Gasteiger partial charge in [-0.3, -0.25) is 0 Å². The van der Waals surface area contributed by atoms with E-state index in [9.17, 15) is 4.39 Å². The molecule has 0 amide bonds. The van der Waals surface area contributed by atoms with Gasteiger partial charge in [-0.25, -0.2) is 19.3 Å². The number of allylic oxidation sites excluding steroid dienone is 1. The number of halogens is 1. The number of rotatable bonds is 3. The molecule has 166 valence electrons. The van der Waals surface area contributed by atoms with Crippen LogP contribution >= 0.6 is 0 Å². The van der Waals surface area contributed by atoms with Crippen molar-refractivity contribution in [3.05, 3.63) is 64.8 Å². The zero-order chi connectivity index (χ0) is 22.3. The fourth-order valence-corrected chi connectivity index (χ4v) is 4.96. The second-order valence-electron chi connectivity index (χ2n) is 9.52. The van der Waals surface area contributed by atoms with Gasteiger partial charge in [-0.05, 0) is 70.2 Å². The number of hydrogen-bond acceptors (Lipinski definition) is 4. The second-order valence-corrected chi connectivity index (χ2v) is 9.52. The fourth-order valence-electron chi connectivity index (χ4n) is 4.96. The molecule has 0 bridgehead atoms. The average molecular weight is 432 g/mol. The molecule has 1 aliphatic carbocycles. The number of imidazole rings is 1. The number of anilines is 1. The lowest BCUT2D eigenvalue weighted by molar-refractivity contribution is 0.345. The Kier molecular flexibility index (Phi) is 5.31. The Labute approximate surface area is 188 Å².